The Labute approximate surface area is 397 Å². The molecule has 0 fully saturated rings. The number of carbonyl (C=O) groups is 6. The molecule has 0 saturated carbocycles. The lowest BCUT2D eigenvalue weighted by Crippen LogP contribution is -2.32. The van der Waals surface area contributed by atoms with E-state index in [-0.39, 0.29) is 64.7 Å². The maximum Gasteiger partial charge on any atom is 0.258 e. The van der Waals surface area contributed by atoms with Crippen molar-refractivity contribution in [1.82, 2.24) is 0 Å². The highest BCUT2D eigenvalue weighted by Gasteiger charge is 2.27. The fourth-order valence-electron chi connectivity index (χ4n) is 5.62. The van der Waals surface area contributed by atoms with Crippen molar-refractivity contribution in [3.05, 3.63) is 139 Å². The van der Waals surface area contributed by atoms with E-state index in [0.717, 1.165) is 25.0 Å². The molecule has 20 heteroatoms. The van der Waals surface area contributed by atoms with Gasteiger partial charge in [0, 0.05) is 32.5 Å². The highest BCUT2D eigenvalue weighted by Crippen LogP contribution is 2.34. The number of nitrogens with one attached hydrogen (secondary N) is 4. The minimum Gasteiger partial charge on any atom is -0.322 e. The van der Waals surface area contributed by atoms with Gasteiger partial charge in [0.05, 0.1) is 43.5 Å². The Bertz CT molecular complexity index is 2490. The van der Waals surface area contributed by atoms with Crippen LogP contribution in [0.25, 0.3) is 0 Å². The molecule has 4 amide bonds. The highest BCUT2D eigenvalue weighted by atomic mass is 35.5. The van der Waals surface area contributed by atoms with Gasteiger partial charge in [-0.1, -0.05) is 70.7 Å². The molecule has 4 N–H and O–H groups in total. The van der Waals surface area contributed by atoms with Crippen LogP contribution in [0.1, 0.15) is 70.3 Å². The molecule has 0 saturated heterocycles. The van der Waals surface area contributed by atoms with Gasteiger partial charge in [-0.15, -0.1) is 23.2 Å². The number of hydrogen-bond acceptors (Lipinski definition) is 10. The summed E-state index contributed by atoms with van der Waals surface area (Å²) in [6, 6.07) is 21.3. The van der Waals surface area contributed by atoms with E-state index in [9.17, 15) is 28.8 Å². The summed E-state index contributed by atoms with van der Waals surface area (Å²) in [5.41, 5.74) is 3.06. The summed E-state index contributed by atoms with van der Waals surface area (Å²) in [7, 11) is 0. The molecule has 0 aromatic heterocycles. The third-order valence-electron chi connectivity index (χ3n) is 8.96. The number of carbonyl (C=O) groups excluding carboxylic acids is 6. The molecule has 0 bridgehead atoms. The molecule has 0 heterocycles. The zero-order valence-corrected chi connectivity index (χ0v) is 38.6. The number of hydrogen-bond donors (Lipinski definition) is 4. The predicted octanol–water partition coefficient (Wildman–Crippen LogP) is 12.8. The van der Waals surface area contributed by atoms with E-state index in [1.165, 1.54) is 48.5 Å². The minimum atomic E-state index is -1.67. The van der Waals surface area contributed by atoms with Crippen LogP contribution in [0.3, 0.4) is 0 Å². The molecule has 0 radical (unpaired) electrons. The van der Waals surface area contributed by atoms with E-state index >= 15 is 0 Å². The molecule has 0 aliphatic carbocycles. The number of Topliss-reactive ketones (excluding diaryl/α,β-unsaturated/α-hetero) is 2. The number of amides is 4. The van der Waals surface area contributed by atoms with Crippen molar-refractivity contribution in [1.29, 1.82) is 0 Å². The van der Waals surface area contributed by atoms with E-state index in [1.807, 2.05) is 13.8 Å². The second-order valence-electron chi connectivity index (χ2n) is 14.0. The fourth-order valence-corrected chi connectivity index (χ4v) is 6.79. The zero-order valence-electron chi connectivity index (χ0n) is 34.1. The zero-order chi connectivity index (χ0) is 46.8. The van der Waals surface area contributed by atoms with Gasteiger partial charge in [-0.05, 0) is 112 Å². The van der Waals surface area contributed by atoms with Crippen LogP contribution >= 0.6 is 69.6 Å². The molecular formula is C44H36Cl6N8O6. The number of azo groups is 2. The van der Waals surface area contributed by atoms with Crippen molar-refractivity contribution in [3.63, 3.8) is 0 Å². The Morgan fingerprint density at radius 3 is 1.14 bits per heavy atom. The van der Waals surface area contributed by atoms with E-state index in [4.69, 9.17) is 69.6 Å². The van der Waals surface area contributed by atoms with E-state index in [1.54, 1.807) is 48.5 Å². The quantitative estimate of drug-likeness (QED) is 0.0430. The average Bonchev–Trinajstić information content (AvgIpc) is 3.22. The van der Waals surface area contributed by atoms with Crippen LogP contribution in [-0.2, 0) is 19.2 Å². The van der Waals surface area contributed by atoms with Crippen LogP contribution in [0.15, 0.2) is 118 Å². The summed E-state index contributed by atoms with van der Waals surface area (Å²) in [5.74, 6) is -4.26. The molecule has 5 rings (SSSR count). The summed E-state index contributed by atoms with van der Waals surface area (Å²) in [5, 5.41) is 25.9. The van der Waals surface area contributed by atoms with Gasteiger partial charge in [-0.3, -0.25) is 28.8 Å². The third-order valence-corrected chi connectivity index (χ3v) is 10.5. The van der Waals surface area contributed by atoms with Gasteiger partial charge < -0.3 is 21.3 Å². The molecular weight excluding hydrogens is 949 g/mol. The van der Waals surface area contributed by atoms with E-state index in [2.05, 4.69) is 41.7 Å². The van der Waals surface area contributed by atoms with Gasteiger partial charge in [-0.25, -0.2) is 0 Å². The van der Waals surface area contributed by atoms with Crippen molar-refractivity contribution in [2.45, 2.75) is 50.5 Å². The fraction of sp³-hybridized carbons (Fsp3) is 0.182. The number of rotatable bonds is 16. The Kier molecular flexibility index (Phi) is 17.1. The van der Waals surface area contributed by atoms with Gasteiger partial charge in [0.2, 0.25) is 12.1 Å². The second-order valence-corrected chi connectivity index (χ2v) is 17.0. The number of halogens is 6. The maximum absolute atomic E-state index is 13.3. The summed E-state index contributed by atoms with van der Waals surface area (Å²) in [4.78, 5) is 77.8. The number of ketones is 2. The van der Waals surface area contributed by atoms with Crippen LogP contribution < -0.4 is 21.3 Å². The first kappa shape index (κ1) is 49.3. The van der Waals surface area contributed by atoms with Gasteiger partial charge >= 0.3 is 0 Å². The van der Waals surface area contributed by atoms with Gasteiger partial charge in [-0.2, -0.15) is 20.5 Å². The Hall–Kier alpha value is -5.74. The highest BCUT2D eigenvalue weighted by molar-refractivity contribution is 6.38. The number of benzene rings is 5. The molecule has 0 spiro atoms. The van der Waals surface area contributed by atoms with Crippen LogP contribution in [0.2, 0.25) is 20.1 Å². The Balaban J connectivity index is 1.24. The van der Waals surface area contributed by atoms with Gasteiger partial charge in [0.1, 0.15) is 0 Å². The molecule has 4 atom stereocenters. The van der Waals surface area contributed by atoms with E-state index in [0.29, 0.717) is 11.4 Å². The molecule has 330 valence electrons. The third kappa shape index (κ3) is 13.6. The lowest BCUT2D eigenvalue weighted by atomic mass is 10.1. The molecule has 0 aliphatic rings. The molecule has 14 nitrogen and oxygen atoms in total. The molecule has 64 heavy (non-hydrogen) atoms. The Morgan fingerprint density at radius 1 is 0.484 bits per heavy atom. The van der Waals surface area contributed by atoms with Crippen LogP contribution in [0.5, 0.6) is 0 Å². The van der Waals surface area contributed by atoms with Gasteiger partial charge in [0.15, 0.2) is 11.6 Å². The largest absolute Gasteiger partial charge is 0.322 e. The summed E-state index contributed by atoms with van der Waals surface area (Å²) in [6.45, 7) is 5.90. The monoisotopic (exact) mass is 982 g/mol. The number of anilines is 4. The SMILES string of the molecule is CC(=O)C(N=Nc1cc(Cl)cc(C(=O)Nc2ccc(C(C)Cl)cc2)c1)C(=O)Nc1cc(Cl)c(NC(=O)C(N=Nc2cc(Cl)cc(C(=O)Nc3ccc(C(C)Cl)cc3)c2)C(C)=O)cc1Cl. The van der Waals surface area contributed by atoms with Crippen LogP contribution in [0.4, 0.5) is 34.1 Å². The topological polar surface area (TPSA) is 200 Å². The van der Waals surface area contributed by atoms with Crippen molar-refractivity contribution in [2.24, 2.45) is 20.5 Å². The normalized spacial score (nSPS) is 13.2. The van der Waals surface area contributed by atoms with E-state index < -0.39 is 47.3 Å². The van der Waals surface area contributed by atoms with Crippen LogP contribution in [-0.4, -0.2) is 47.3 Å². The number of nitrogens with zero attached hydrogens (tertiary/aromatic N) is 4. The van der Waals surface area contributed by atoms with Crippen LogP contribution in [0, 0.1) is 0 Å². The van der Waals surface area contributed by atoms with Gasteiger partial charge in [0.25, 0.3) is 23.6 Å². The molecule has 0 aliphatic heterocycles. The Morgan fingerprint density at radius 2 is 0.828 bits per heavy atom. The number of alkyl halides is 2. The first-order valence-electron chi connectivity index (χ1n) is 18.9. The average molecular weight is 986 g/mol. The van der Waals surface area contributed by atoms with Crippen molar-refractivity contribution in [2.75, 3.05) is 21.3 Å². The molecule has 5 aromatic carbocycles. The van der Waals surface area contributed by atoms with Crippen molar-refractivity contribution >= 4 is 139 Å². The maximum atomic E-state index is 13.3. The molecule has 4 unspecified atom stereocenters. The smallest absolute Gasteiger partial charge is 0.258 e. The first-order valence-corrected chi connectivity index (χ1v) is 21.3. The minimum absolute atomic E-state index is 0.0585. The second kappa shape index (κ2) is 22.2. The first-order chi connectivity index (χ1) is 30.3. The summed E-state index contributed by atoms with van der Waals surface area (Å²) >= 11 is 37.7. The molecule has 5 aromatic rings. The van der Waals surface area contributed by atoms with Crippen molar-refractivity contribution < 1.29 is 28.8 Å². The standard InChI is InChI=1S/C44H36Cl6N8O6/c1-21(45)25-5-9-31(10-6-25)51-41(61)27-13-29(47)17-33(15-27)55-57-39(23(3)59)43(63)53-37-19-36(50)38(20-35(37)49)54-44(64)40(24(4)60)58-56-34-16-28(14-30(48)18-34)42(62)52-32-11-7-26(8-12-32)22(2)46/h5-22,39-40H,1-4H3,(H,51,61)(H,52,62)(H,53,63)(H,54,64). The van der Waals surface area contributed by atoms with Crippen molar-refractivity contribution in [3.8, 4) is 0 Å². The lowest BCUT2D eigenvalue weighted by molar-refractivity contribution is -0.127. The predicted molar refractivity (Wildman–Crippen MR) is 252 cm³/mol. The summed E-state index contributed by atoms with van der Waals surface area (Å²) < 4.78 is 0. The summed E-state index contributed by atoms with van der Waals surface area (Å²) in [6.07, 6.45) is 0. The lowest BCUT2D eigenvalue weighted by Gasteiger charge is -2.15.